The molecule has 0 bridgehead atoms. The fourth-order valence-corrected chi connectivity index (χ4v) is 0.421. The minimum Gasteiger partial charge on any atom is -0.632 e. The number of hydrogen-bond donors (Lipinski definition) is 0. The van der Waals surface area contributed by atoms with Crippen molar-refractivity contribution in [3.8, 4) is 0 Å². The molecular weight excluding hydrogens is 286 g/mol. The summed E-state index contributed by atoms with van der Waals surface area (Å²) in [6.45, 7) is 19.0. The third-order valence-electron chi connectivity index (χ3n) is 0.932. The van der Waals surface area contributed by atoms with E-state index in [9.17, 15) is 4.79 Å². The molecule has 0 radical (unpaired) electrons. The molecule has 0 aromatic carbocycles. The van der Waals surface area contributed by atoms with Crippen molar-refractivity contribution in [1.82, 2.24) is 4.90 Å². The van der Waals surface area contributed by atoms with Crippen molar-refractivity contribution in [2.24, 2.45) is 0 Å². The molecule has 17 heavy (non-hydrogen) atoms. The Hall–Kier alpha value is 0.555. The molecule has 0 heterocycles. The zero-order valence-electron chi connectivity index (χ0n) is 13.1. The van der Waals surface area contributed by atoms with E-state index < -0.39 is 0 Å². The maximum Gasteiger partial charge on any atom is 1.00 e. The van der Waals surface area contributed by atoms with Crippen LogP contribution >= 0.6 is 0 Å². The second-order valence-corrected chi connectivity index (χ2v) is 1.80. The zero-order chi connectivity index (χ0) is 14.0. The van der Waals surface area contributed by atoms with Gasteiger partial charge < -0.3 is 15.0 Å². The molecule has 3 nitrogen and oxygen atoms in total. The van der Waals surface area contributed by atoms with Crippen molar-refractivity contribution in [2.75, 3.05) is 13.6 Å². The molecule has 0 spiro atoms. The molecule has 0 rings (SSSR count). The Balaban J connectivity index is -0.0000000594. The molecule has 4 heteroatoms. The second kappa shape index (κ2) is 36.0. The van der Waals surface area contributed by atoms with Gasteiger partial charge in [-0.2, -0.15) is 6.20 Å². The number of nitrogens with zero attached hydrogens (tertiary/aromatic N) is 2. The van der Waals surface area contributed by atoms with Crippen LogP contribution in [-0.4, -0.2) is 24.4 Å². The van der Waals surface area contributed by atoms with E-state index in [0.29, 0.717) is 0 Å². The first-order chi connectivity index (χ1) is 7.70. The van der Waals surface area contributed by atoms with Gasteiger partial charge >= 0.3 is 58.2 Å². The number of hydrogen-bond acceptors (Lipinski definition) is 2. The fraction of sp³-hybridized carbons (Fsp3) is 0.615. The number of carbonyl (C=O) groups is 1. The summed E-state index contributed by atoms with van der Waals surface area (Å²) in [4.78, 5) is 12.3. The van der Waals surface area contributed by atoms with Gasteiger partial charge in [0.25, 0.3) is 0 Å². The third kappa shape index (κ3) is 38.4. The monoisotopic (exact) mass is 314 g/mol. The van der Waals surface area contributed by atoms with E-state index in [4.69, 9.17) is 0 Å². The largest absolute Gasteiger partial charge is 1.00 e. The van der Waals surface area contributed by atoms with Crippen molar-refractivity contribution in [2.45, 2.75) is 41.5 Å². The summed E-state index contributed by atoms with van der Waals surface area (Å²) in [5.41, 5.74) is 0. The van der Waals surface area contributed by atoms with Crippen LogP contribution in [0.4, 0.5) is 0 Å². The Morgan fingerprint density at radius 1 is 1.12 bits per heavy atom. The molecule has 0 atom stereocenters. The number of amides is 1. The molecule has 0 aromatic heterocycles. The van der Waals surface area contributed by atoms with E-state index in [2.05, 4.69) is 18.5 Å². The van der Waals surface area contributed by atoms with Gasteiger partial charge in [0.15, 0.2) is 0 Å². The number of likely N-dealkylation sites (N-methyl/N-ethyl adjacent to an activating group) is 1. The minimum atomic E-state index is -0.211. The fourth-order valence-electron chi connectivity index (χ4n) is 0.421. The topological polar surface area (TPSA) is 34.4 Å². The van der Waals surface area contributed by atoms with Crippen LogP contribution in [0.2, 0.25) is 0 Å². The van der Waals surface area contributed by atoms with Crippen LogP contribution in [-0.2, 0) is 4.79 Å². The molecule has 0 aliphatic carbocycles. The summed E-state index contributed by atoms with van der Waals surface area (Å²) in [5, 5.41) is 3.45. The number of rotatable bonds is 4. The minimum absolute atomic E-state index is 0. The molecule has 98 valence electrons. The van der Waals surface area contributed by atoms with Crippen molar-refractivity contribution >= 4 is 5.91 Å². The molecule has 0 saturated carbocycles. The van der Waals surface area contributed by atoms with Gasteiger partial charge in [0, 0.05) is 7.05 Å². The van der Waals surface area contributed by atoms with Crippen LogP contribution in [0.5, 0.6) is 0 Å². The Morgan fingerprint density at radius 2 is 1.47 bits per heavy atom. The second-order valence-electron chi connectivity index (χ2n) is 1.80. The molecule has 0 saturated heterocycles. The SMILES string of the molecule is C=C[N-]C(=O)CN(C)C=C.CC.CC.CC.[Rb+]. The Labute approximate surface area is 158 Å². The van der Waals surface area contributed by atoms with E-state index in [1.54, 1.807) is 18.1 Å². The molecular formula is C13H29N2ORb. The maximum absolute atomic E-state index is 10.7. The van der Waals surface area contributed by atoms with Crippen molar-refractivity contribution in [3.63, 3.8) is 0 Å². The molecule has 1 amide bonds. The van der Waals surface area contributed by atoms with Gasteiger partial charge in [0.1, 0.15) is 0 Å². The maximum atomic E-state index is 10.7. The van der Waals surface area contributed by atoms with Gasteiger partial charge in [0.2, 0.25) is 0 Å². The van der Waals surface area contributed by atoms with Gasteiger partial charge in [-0.3, -0.25) is 0 Å². The van der Waals surface area contributed by atoms with E-state index in [1.165, 1.54) is 6.20 Å². The van der Waals surface area contributed by atoms with Crippen LogP contribution in [0.15, 0.2) is 25.6 Å². The van der Waals surface area contributed by atoms with Gasteiger partial charge in [-0.15, -0.1) is 6.58 Å². The van der Waals surface area contributed by atoms with Crippen LogP contribution < -0.4 is 58.2 Å². The van der Waals surface area contributed by atoms with Crippen molar-refractivity contribution in [1.29, 1.82) is 0 Å². The normalized spacial score (nSPS) is 5.82. The molecule has 0 N–H and O–H groups in total. The standard InChI is InChI=1S/C7H12N2O.3C2H6.Rb/c1-4-8-7(10)6-9(3)5-2;3*1-2;/h4-5H,1-2,6H2,3H3,(H,8,10);3*1-2H3;/q;;;;+1/p-1. The first-order valence-corrected chi connectivity index (χ1v) is 5.88. The summed E-state index contributed by atoms with van der Waals surface area (Å²) < 4.78 is 0. The average molecular weight is 315 g/mol. The number of carbonyl (C=O) groups excluding carboxylic acids is 1. The first kappa shape index (κ1) is 30.5. The molecule has 0 aliphatic heterocycles. The Bertz CT molecular complexity index is 150. The molecule has 0 unspecified atom stereocenters. The van der Waals surface area contributed by atoms with Gasteiger partial charge in [0.05, 0.1) is 12.5 Å². The predicted molar refractivity (Wildman–Crippen MR) is 75.4 cm³/mol. The first-order valence-electron chi connectivity index (χ1n) is 5.88. The van der Waals surface area contributed by atoms with Gasteiger partial charge in [-0.05, 0) is 6.20 Å². The molecule has 0 fully saturated rings. The molecule has 0 aromatic rings. The summed E-state index contributed by atoms with van der Waals surface area (Å²) in [5.74, 6) is -0.211. The Kier molecular flexibility index (Phi) is 64.6. The van der Waals surface area contributed by atoms with E-state index >= 15 is 0 Å². The van der Waals surface area contributed by atoms with E-state index in [1.807, 2.05) is 41.5 Å². The van der Waals surface area contributed by atoms with Crippen LogP contribution in [0.1, 0.15) is 41.5 Å². The summed E-state index contributed by atoms with van der Waals surface area (Å²) in [6, 6.07) is 0. The summed E-state index contributed by atoms with van der Waals surface area (Å²) in [6.07, 6.45) is 2.80. The average Bonchev–Trinajstić information content (AvgIpc) is 2.36. The Morgan fingerprint density at radius 3 is 1.71 bits per heavy atom. The van der Waals surface area contributed by atoms with Crippen LogP contribution in [0, 0.1) is 0 Å². The smallest absolute Gasteiger partial charge is 0.632 e. The zero-order valence-corrected chi connectivity index (χ0v) is 18.0. The summed E-state index contributed by atoms with van der Waals surface area (Å²) >= 11 is 0. The van der Waals surface area contributed by atoms with Crippen LogP contribution in [0.3, 0.4) is 0 Å². The van der Waals surface area contributed by atoms with Crippen molar-refractivity contribution in [3.05, 3.63) is 30.9 Å². The van der Waals surface area contributed by atoms with E-state index in [0.717, 1.165) is 0 Å². The quantitative estimate of drug-likeness (QED) is 0.781. The van der Waals surface area contributed by atoms with E-state index in [-0.39, 0.29) is 70.6 Å². The van der Waals surface area contributed by atoms with Crippen molar-refractivity contribution < 1.29 is 63.0 Å². The predicted octanol–water partition coefficient (Wildman–Crippen LogP) is 1.19. The van der Waals surface area contributed by atoms with Crippen LogP contribution in [0.25, 0.3) is 5.32 Å². The van der Waals surface area contributed by atoms with Gasteiger partial charge in [-0.25, -0.2) is 0 Å². The summed E-state index contributed by atoms with van der Waals surface area (Å²) in [7, 11) is 1.75. The molecule has 0 aliphatic rings. The van der Waals surface area contributed by atoms with Gasteiger partial charge in [-0.1, -0.05) is 48.1 Å². The third-order valence-corrected chi connectivity index (χ3v) is 0.932.